The van der Waals surface area contributed by atoms with Crippen LogP contribution in [0.25, 0.3) is 0 Å². The predicted octanol–water partition coefficient (Wildman–Crippen LogP) is 1.71. The molecule has 0 aliphatic carbocycles. The first-order chi connectivity index (χ1) is 6.95. The monoisotopic (exact) mass is 213 g/mol. The molecule has 0 N–H and O–H groups in total. The van der Waals surface area contributed by atoms with Gasteiger partial charge in [0.2, 0.25) is 0 Å². The van der Waals surface area contributed by atoms with Crippen LogP contribution in [0.4, 0.5) is 0 Å². The van der Waals surface area contributed by atoms with Crippen LogP contribution in [0, 0.1) is 5.41 Å². The molecule has 0 saturated carbocycles. The minimum atomic E-state index is -0.202. The van der Waals surface area contributed by atoms with Crippen molar-refractivity contribution < 1.29 is 9.53 Å². The zero-order valence-electron chi connectivity index (χ0n) is 10.4. The quantitative estimate of drug-likeness (QED) is 0.666. The fourth-order valence-electron chi connectivity index (χ4n) is 2.51. The maximum absolute atomic E-state index is 11.3. The van der Waals surface area contributed by atoms with Gasteiger partial charge in [0.05, 0.1) is 5.60 Å². The number of ether oxygens (including phenoxy) is 1. The molecule has 1 aliphatic heterocycles. The number of aldehydes is 1. The molecule has 0 aromatic rings. The first-order valence-corrected chi connectivity index (χ1v) is 5.70. The standard InChI is InChI=1S/C12H23NO2/c1-5-11(2)8-12(10-14,6-7-15-11)9-13(3)4/h10H,5-9H2,1-4H3. The molecule has 15 heavy (non-hydrogen) atoms. The van der Waals surface area contributed by atoms with Gasteiger partial charge in [-0.15, -0.1) is 0 Å². The lowest BCUT2D eigenvalue weighted by atomic mass is 9.73. The molecule has 1 fully saturated rings. The number of rotatable bonds is 4. The highest BCUT2D eigenvalue weighted by Gasteiger charge is 2.42. The van der Waals surface area contributed by atoms with Crippen molar-refractivity contribution in [3.63, 3.8) is 0 Å². The molecular formula is C12H23NO2. The van der Waals surface area contributed by atoms with Gasteiger partial charge in [-0.05, 0) is 40.3 Å². The second-order valence-corrected chi connectivity index (χ2v) is 5.30. The Morgan fingerprint density at radius 2 is 2.13 bits per heavy atom. The molecule has 1 aliphatic rings. The molecule has 1 rings (SSSR count). The number of carbonyl (C=O) groups is 1. The van der Waals surface area contributed by atoms with Crippen molar-refractivity contribution in [3.8, 4) is 0 Å². The van der Waals surface area contributed by atoms with Crippen LogP contribution >= 0.6 is 0 Å². The molecule has 2 unspecified atom stereocenters. The summed E-state index contributed by atoms with van der Waals surface area (Å²) in [7, 11) is 4.04. The Hall–Kier alpha value is -0.410. The highest BCUT2D eigenvalue weighted by atomic mass is 16.5. The summed E-state index contributed by atoms with van der Waals surface area (Å²) in [6, 6.07) is 0. The SMILES string of the molecule is CCC1(C)CC(C=O)(CN(C)C)CCO1. The van der Waals surface area contributed by atoms with E-state index in [2.05, 4.69) is 18.7 Å². The third kappa shape index (κ3) is 3.02. The molecule has 0 bridgehead atoms. The van der Waals surface area contributed by atoms with Gasteiger partial charge >= 0.3 is 0 Å². The zero-order valence-corrected chi connectivity index (χ0v) is 10.4. The van der Waals surface area contributed by atoms with E-state index in [1.807, 2.05) is 14.1 Å². The highest BCUT2D eigenvalue weighted by molar-refractivity contribution is 5.60. The molecular weight excluding hydrogens is 190 g/mol. The first-order valence-electron chi connectivity index (χ1n) is 5.70. The van der Waals surface area contributed by atoms with Gasteiger partial charge in [-0.25, -0.2) is 0 Å². The largest absolute Gasteiger partial charge is 0.375 e. The van der Waals surface area contributed by atoms with Crippen LogP contribution in [0.3, 0.4) is 0 Å². The molecule has 1 heterocycles. The van der Waals surface area contributed by atoms with Crippen LogP contribution in [0.2, 0.25) is 0 Å². The third-order valence-electron chi connectivity index (χ3n) is 3.41. The van der Waals surface area contributed by atoms with Crippen molar-refractivity contribution in [2.24, 2.45) is 5.41 Å². The van der Waals surface area contributed by atoms with Crippen molar-refractivity contribution in [2.75, 3.05) is 27.2 Å². The lowest BCUT2D eigenvalue weighted by Gasteiger charge is -2.44. The van der Waals surface area contributed by atoms with Gasteiger partial charge in [-0.2, -0.15) is 0 Å². The minimum absolute atomic E-state index is 0.116. The van der Waals surface area contributed by atoms with Crippen molar-refractivity contribution in [1.29, 1.82) is 0 Å². The third-order valence-corrected chi connectivity index (χ3v) is 3.41. The Morgan fingerprint density at radius 3 is 2.60 bits per heavy atom. The van der Waals surface area contributed by atoms with Crippen molar-refractivity contribution >= 4 is 6.29 Å². The molecule has 0 aromatic carbocycles. The summed E-state index contributed by atoms with van der Waals surface area (Å²) >= 11 is 0. The molecule has 1 saturated heterocycles. The Bertz CT molecular complexity index is 230. The normalized spacial score (nSPS) is 36.9. The van der Waals surface area contributed by atoms with Gasteiger partial charge in [-0.3, -0.25) is 0 Å². The number of hydrogen-bond acceptors (Lipinski definition) is 3. The van der Waals surface area contributed by atoms with Crippen LogP contribution < -0.4 is 0 Å². The van der Waals surface area contributed by atoms with Crippen LogP contribution in [-0.4, -0.2) is 44.0 Å². The van der Waals surface area contributed by atoms with Crippen LogP contribution in [0.5, 0.6) is 0 Å². The van der Waals surface area contributed by atoms with E-state index >= 15 is 0 Å². The van der Waals surface area contributed by atoms with Gasteiger partial charge in [-0.1, -0.05) is 6.92 Å². The van der Waals surface area contributed by atoms with Gasteiger partial charge in [0.15, 0.2) is 0 Å². The van der Waals surface area contributed by atoms with Crippen molar-refractivity contribution in [2.45, 2.75) is 38.7 Å². The second-order valence-electron chi connectivity index (χ2n) is 5.30. The second kappa shape index (κ2) is 4.62. The maximum Gasteiger partial charge on any atom is 0.127 e. The summed E-state index contributed by atoms with van der Waals surface area (Å²) in [6.45, 7) is 5.77. The number of carbonyl (C=O) groups excluding carboxylic acids is 1. The average Bonchev–Trinajstić information content (AvgIpc) is 2.17. The van der Waals surface area contributed by atoms with E-state index in [1.54, 1.807) is 0 Å². The Labute approximate surface area is 92.8 Å². The fraction of sp³-hybridized carbons (Fsp3) is 0.917. The maximum atomic E-state index is 11.3. The predicted molar refractivity (Wildman–Crippen MR) is 60.9 cm³/mol. The van der Waals surface area contributed by atoms with Gasteiger partial charge in [0.1, 0.15) is 6.29 Å². The van der Waals surface area contributed by atoms with Crippen molar-refractivity contribution in [3.05, 3.63) is 0 Å². The zero-order chi connectivity index (χ0) is 11.5. The van der Waals surface area contributed by atoms with E-state index in [4.69, 9.17) is 4.74 Å². The first kappa shape index (κ1) is 12.7. The van der Waals surface area contributed by atoms with E-state index in [9.17, 15) is 4.79 Å². The fourth-order valence-corrected chi connectivity index (χ4v) is 2.51. The van der Waals surface area contributed by atoms with E-state index < -0.39 is 0 Å². The Balaban J connectivity index is 2.76. The molecule has 0 amide bonds. The molecule has 0 radical (unpaired) electrons. The van der Waals surface area contributed by atoms with Crippen molar-refractivity contribution in [1.82, 2.24) is 4.90 Å². The Morgan fingerprint density at radius 1 is 1.47 bits per heavy atom. The van der Waals surface area contributed by atoms with E-state index in [-0.39, 0.29) is 11.0 Å². The molecule has 3 nitrogen and oxygen atoms in total. The number of nitrogens with zero attached hydrogens (tertiary/aromatic N) is 1. The van der Waals surface area contributed by atoms with Gasteiger partial charge in [0, 0.05) is 18.6 Å². The summed E-state index contributed by atoms with van der Waals surface area (Å²) in [4.78, 5) is 13.4. The van der Waals surface area contributed by atoms with E-state index in [0.29, 0.717) is 6.61 Å². The summed E-state index contributed by atoms with van der Waals surface area (Å²) in [6.07, 6.45) is 3.81. The molecule has 0 spiro atoms. The summed E-state index contributed by atoms with van der Waals surface area (Å²) in [5.74, 6) is 0. The molecule has 88 valence electrons. The topological polar surface area (TPSA) is 29.5 Å². The summed E-state index contributed by atoms with van der Waals surface area (Å²) < 4.78 is 5.78. The van der Waals surface area contributed by atoms with Gasteiger partial charge in [0.25, 0.3) is 0 Å². The molecule has 3 heteroatoms. The summed E-state index contributed by atoms with van der Waals surface area (Å²) in [5, 5.41) is 0. The lowest BCUT2D eigenvalue weighted by molar-refractivity contribution is -0.143. The van der Waals surface area contributed by atoms with Crippen LogP contribution in [0.1, 0.15) is 33.1 Å². The highest BCUT2D eigenvalue weighted by Crippen LogP contribution is 2.39. The minimum Gasteiger partial charge on any atom is -0.375 e. The van der Waals surface area contributed by atoms with E-state index in [1.165, 1.54) is 0 Å². The average molecular weight is 213 g/mol. The van der Waals surface area contributed by atoms with Crippen LogP contribution in [0.15, 0.2) is 0 Å². The molecule has 2 atom stereocenters. The lowest BCUT2D eigenvalue weighted by Crippen LogP contribution is -2.48. The summed E-state index contributed by atoms with van der Waals surface area (Å²) in [5.41, 5.74) is -0.318. The van der Waals surface area contributed by atoms with Gasteiger partial charge < -0.3 is 14.4 Å². The number of hydrogen-bond donors (Lipinski definition) is 0. The Kier molecular flexibility index (Phi) is 3.90. The van der Waals surface area contributed by atoms with Crippen LogP contribution in [-0.2, 0) is 9.53 Å². The molecule has 0 aromatic heterocycles. The van der Waals surface area contributed by atoms with E-state index in [0.717, 1.165) is 32.1 Å². The smallest absolute Gasteiger partial charge is 0.127 e.